The molecule has 1 aromatic carbocycles. The van der Waals surface area contributed by atoms with Gasteiger partial charge in [-0.25, -0.2) is 13.9 Å². The molecule has 4 rings (SSSR count). The molecular formula is C27H40FN6O9P. The first-order valence-electron chi connectivity index (χ1n) is 14.0. The van der Waals surface area contributed by atoms with Gasteiger partial charge in [0.15, 0.2) is 18.4 Å². The summed E-state index contributed by atoms with van der Waals surface area (Å²) in [4.78, 5) is 26.5. The van der Waals surface area contributed by atoms with Gasteiger partial charge in [0.25, 0.3) is 5.85 Å². The average molecular weight is 643 g/mol. The van der Waals surface area contributed by atoms with Gasteiger partial charge in [0.05, 0.1) is 19.6 Å². The minimum atomic E-state index is -4.55. The van der Waals surface area contributed by atoms with Crippen LogP contribution < -0.4 is 15.3 Å². The van der Waals surface area contributed by atoms with Crippen molar-refractivity contribution in [3.63, 3.8) is 0 Å². The van der Waals surface area contributed by atoms with Crippen LogP contribution in [0.5, 0.6) is 5.75 Å². The highest BCUT2D eigenvalue weighted by molar-refractivity contribution is 7.52. The topological polar surface area (TPSA) is 199 Å². The van der Waals surface area contributed by atoms with Gasteiger partial charge in [-0.05, 0) is 38.3 Å². The van der Waals surface area contributed by atoms with Crippen LogP contribution in [-0.2, 0) is 28.1 Å². The quantitative estimate of drug-likeness (QED) is 0.202. The molecule has 44 heavy (non-hydrogen) atoms. The minimum absolute atomic E-state index is 0.0852. The van der Waals surface area contributed by atoms with Crippen molar-refractivity contribution >= 4 is 31.9 Å². The Balaban J connectivity index is 1.52. The van der Waals surface area contributed by atoms with Gasteiger partial charge in [-0.1, -0.05) is 39.0 Å². The zero-order valence-corrected chi connectivity index (χ0v) is 26.3. The van der Waals surface area contributed by atoms with E-state index in [-0.39, 0.29) is 36.2 Å². The largest absolute Gasteiger partial charge is 0.479 e. The van der Waals surface area contributed by atoms with Crippen molar-refractivity contribution in [3.8, 4) is 5.75 Å². The number of guanidine groups is 1. The Morgan fingerprint density at radius 1 is 1.32 bits per heavy atom. The highest BCUT2D eigenvalue weighted by Gasteiger charge is 2.66. The molecule has 1 aromatic rings. The second-order valence-corrected chi connectivity index (χ2v) is 13.7. The molecule has 0 aromatic heterocycles. The number of esters is 1. The summed E-state index contributed by atoms with van der Waals surface area (Å²) in [6, 6.07) is 5.90. The van der Waals surface area contributed by atoms with Crippen LogP contribution in [-0.4, -0.2) is 101 Å². The van der Waals surface area contributed by atoms with Crippen molar-refractivity contribution in [3.05, 3.63) is 30.3 Å². The third kappa shape index (κ3) is 7.38. The molecule has 0 saturated carbocycles. The summed E-state index contributed by atoms with van der Waals surface area (Å²) in [7, 11) is -4.55. The lowest BCUT2D eigenvalue weighted by Gasteiger charge is -2.36. The molecule has 0 aliphatic carbocycles. The van der Waals surface area contributed by atoms with Crippen LogP contribution in [0.3, 0.4) is 0 Å². The van der Waals surface area contributed by atoms with E-state index in [0.717, 1.165) is 6.92 Å². The monoisotopic (exact) mass is 642 g/mol. The number of halogens is 1. The Bertz CT molecular complexity index is 1340. The number of aliphatic hydroxyl groups is 2. The van der Waals surface area contributed by atoms with Crippen LogP contribution in [0.4, 0.5) is 4.39 Å². The zero-order valence-electron chi connectivity index (χ0n) is 25.4. The number of alkyl halides is 1. The van der Waals surface area contributed by atoms with Gasteiger partial charge in [-0.2, -0.15) is 10.1 Å². The number of nitrogens with zero attached hydrogens (tertiary/aromatic N) is 4. The van der Waals surface area contributed by atoms with Gasteiger partial charge in [0.2, 0.25) is 11.9 Å². The van der Waals surface area contributed by atoms with E-state index in [1.165, 1.54) is 30.3 Å². The lowest BCUT2D eigenvalue weighted by Crippen LogP contribution is -2.57. The number of hydrogen-bond donors (Lipinski definition) is 4. The number of rotatable bonds is 11. The summed E-state index contributed by atoms with van der Waals surface area (Å²) in [5.74, 6) is -3.73. The molecule has 244 valence electrons. The Morgan fingerprint density at radius 2 is 2.00 bits per heavy atom. The summed E-state index contributed by atoms with van der Waals surface area (Å²) in [6.45, 7) is 9.07. The number of carbonyl (C=O) groups excluding carboxylic acids is 1. The molecule has 5 unspecified atom stereocenters. The number of aliphatic hydroxyl groups excluding tert-OH is 1. The van der Waals surface area contributed by atoms with E-state index in [4.69, 9.17) is 29.0 Å². The highest BCUT2D eigenvalue weighted by atomic mass is 31.2. The molecule has 3 heterocycles. The van der Waals surface area contributed by atoms with E-state index in [9.17, 15) is 19.6 Å². The highest BCUT2D eigenvalue weighted by Crippen LogP contribution is 2.49. The molecule has 3 aliphatic rings. The summed E-state index contributed by atoms with van der Waals surface area (Å²) < 4.78 is 57.7. The van der Waals surface area contributed by atoms with Crippen LogP contribution in [0.1, 0.15) is 41.5 Å². The van der Waals surface area contributed by atoms with Crippen molar-refractivity contribution < 1.29 is 47.2 Å². The normalized spacial score (nSPS) is 31.9. The van der Waals surface area contributed by atoms with Gasteiger partial charge in [-0.3, -0.25) is 14.3 Å². The van der Waals surface area contributed by atoms with Crippen LogP contribution in [0, 0.1) is 5.41 Å². The molecule has 0 radical (unpaired) electrons. The first-order chi connectivity index (χ1) is 20.5. The van der Waals surface area contributed by atoms with Crippen molar-refractivity contribution in [2.45, 2.75) is 83.6 Å². The fourth-order valence-corrected chi connectivity index (χ4v) is 6.10. The number of nitrogens with two attached hydrogens (primary N) is 1. The van der Waals surface area contributed by atoms with E-state index in [1.54, 1.807) is 25.1 Å². The van der Waals surface area contributed by atoms with Crippen LogP contribution in [0.25, 0.3) is 0 Å². The molecule has 1 saturated heterocycles. The number of para-hydroxylation sites is 1. The summed E-state index contributed by atoms with van der Waals surface area (Å²) in [5.41, 5.74) is 3.26. The lowest BCUT2D eigenvalue weighted by atomic mass is 9.94. The van der Waals surface area contributed by atoms with E-state index in [2.05, 4.69) is 20.1 Å². The molecule has 15 nitrogen and oxygen atoms in total. The first-order valence-corrected chi connectivity index (χ1v) is 15.6. The van der Waals surface area contributed by atoms with Gasteiger partial charge < -0.3 is 39.6 Å². The van der Waals surface area contributed by atoms with Gasteiger partial charge in [0, 0.05) is 0 Å². The van der Waals surface area contributed by atoms with E-state index in [1.807, 2.05) is 20.8 Å². The summed E-state index contributed by atoms with van der Waals surface area (Å²) in [5, 5.41) is 24.7. The Morgan fingerprint density at radius 3 is 2.64 bits per heavy atom. The van der Waals surface area contributed by atoms with Crippen LogP contribution >= 0.6 is 7.75 Å². The Kier molecular flexibility index (Phi) is 9.74. The zero-order chi connectivity index (χ0) is 32.5. The Hall–Kier alpha value is -3.14. The molecule has 8 atom stereocenters. The summed E-state index contributed by atoms with van der Waals surface area (Å²) >= 11 is 0. The second kappa shape index (κ2) is 12.7. The van der Waals surface area contributed by atoms with Crippen LogP contribution in [0.2, 0.25) is 0 Å². The van der Waals surface area contributed by atoms with E-state index < -0.39 is 62.4 Å². The van der Waals surface area contributed by atoms with Crippen LogP contribution in [0.15, 0.2) is 45.3 Å². The maximum atomic E-state index is 16.4. The lowest BCUT2D eigenvalue weighted by molar-refractivity contribution is -0.208. The Labute approximate surface area is 254 Å². The third-order valence-electron chi connectivity index (χ3n) is 6.78. The average Bonchev–Trinajstić information content (AvgIpc) is 3.43. The predicted octanol–water partition coefficient (Wildman–Crippen LogP) is 1.69. The molecule has 1 fully saturated rings. The number of benzene rings is 1. The standard InChI is InChI=1S/C27H40FN6O9P/c1-7-39-20-18-19(31-24(29)32-20)34(15-30-18)23-26(6,37)22(36)27(28,42-23)14-41-44(38,43-17-11-9-8-10-12-17)33-16(2)21(35)40-13-25(3,4)5/h8-12,15-16,18-19,22-23,36-37H,7,13-14H2,1-6H3,(H2,29,31)(H,33,38)/t16?,18?,19?,22-,23?,26+,27+,44?/m0/s1. The van der Waals surface area contributed by atoms with E-state index >= 15 is 4.39 Å². The van der Waals surface area contributed by atoms with Gasteiger partial charge >= 0.3 is 13.7 Å². The molecule has 3 aliphatic heterocycles. The first kappa shape index (κ1) is 33.7. The minimum Gasteiger partial charge on any atom is -0.479 e. The number of carbonyl (C=O) groups is 1. The van der Waals surface area contributed by atoms with E-state index in [0.29, 0.717) is 0 Å². The molecule has 0 bridgehead atoms. The molecule has 17 heteroatoms. The number of fused-ring (bicyclic) bond motifs is 1. The summed E-state index contributed by atoms with van der Waals surface area (Å²) in [6.07, 6.45) is -3.43. The van der Waals surface area contributed by atoms with Crippen molar-refractivity contribution in [2.75, 3.05) is 19.8 Å². The molecule has 5 N–H and O–H groups in total. The molecular weight excluding hydrogens is 602 g/mol. The predicted molar refractivity (Wildman–Crippen MR) is 158 cm³/mol. The number of ether oxygens (including phenoxy) is 3. The molecule has 0 amide bonds. The fourth-order valence-electron chi connectivity index (χ4n) is 4.60. The molecule has 0 spiro atoms. The van der Waals surface area contributed by atoms with Crippen molar-refractivity contribution in [2.24, 2.45) is 26.1 Å². The maximum absolute atomic E-state index is 16.4. The SMILES string of the molecule is CCOC1=NC(N)=NC2C1N=CN2C1O[C@](F)(COP(=O)(NC(C)C(=O)OCC(C)(C)C)Oc2ccccc2)[C@@H](O)[C@@]1(C)O. The number of nitrogens with one attached hydrogen (secondary N) is 1. The maximum Gasteiger partial charge on any atom is 0.459 e. The van der Waals surface area contributed by atoms with Crippen molar-refractivity contribution in [1.82, 2.24) is 9.99 Å². The number of aliphatic imine (C=N–C) groups is 3. The fraction of sp³-hybridized carbons (Fsp3) is 0.630. The van der Waals surface area contributed by atoms with Crippen molar-refractivity contribution in [1.29, 1.82) is 0 Å². The smallest absolute Gasteiger partial charge is 0.459 e. The number of hydrogen-bond acceptors (Lipinski definition) is 14. The van der Waals surface area contributed by atoms with Gasteiger partial charge in [0.1, 0.15) is 30.1 Å². The second-order valence-electron chi connectivity index (χ2n) is 12.0. The third-order valence-corrected chi connectivity index (χ3v) is 8.40. The van der Waals surface area contributed by atoms with Gasteiger partial charge in [-0.15, -0.1) is 0 Å².